The van der Waals surface area contributed by atoms with Crippen molar-refractivity contribution in [3.05, 3.63) is 12.2 Å². The van der Waals surface area contributed by atoms with Crippen LogP contribution in [0.3, 0.4) is 0 Å². The molecule has 13 heavy (non-hydrogen) atoms. The van der Waals surface area contributed by atoms with Gasteiger partial charge in [0, 0.05) is 12.0 Å². The molecule has 2 nitrogen and oxygen atoms in total. The van der Waals surface area contributed by atoms with Crippen molar-refractivity contribution in [3.8, 4) is 0 Å². The maximum atomic E-state index is 11.4. The summed E-state index contributed by atoms with van der Waals surface area (Å²) >= 11 is 0. The van der Waals surface area contributed by atoms with Crippen LogP contribution in [0.1, 0.15) is 40.5 Å². The molecule has 0 saturated carbocycles. The van der Waals surface area contributed by atoms with E-state index in [1.807, 2.05) is 33.8 Å². The lowest BCUT2D eigenvalue weighted by Gasteiger charge is -2.13. The Morgan fingerprint density at radius 2 is 2.00 bits per heavy atom. The van der Waals surface area contributed by atoms with Crippen molar-refractivity contribution in [2.75, 3.05) is 0 Å². The van der Waals surface area contributed by atoms with Gasteiger partial charge in [-0.25, -0.2) is 0 Å². The quantitative estimate of drug-likeness (QED) is 0.652. The van der Waals surface area contributed by atoms with E-state index in [1.165, 1.54) is 0 Å². The number of hydrogen-bond acceptors (Lipinski definition) is 1. The molecule has 0 aliphatic rings. The summed E-state index contributed by atoms with van der Waals surface area (Å²) in [6, 6.07) is 0.247. The second-order valence-electron chi connectivity index (χ2n) is 3.71. The van der Waals surface area contributed by atoms with Crippen LogP contribution in [0.15, 0.2) is 12.2 Å². The van der Waals surface area contributed by atoms with Crippen molar-refractivity contribution in [1.82, 2.24) is 5.32 Å². The van der Waals surface area contributed by atoms with Crippen LogP contribution in [-0.4, -0.2) is 11.9 Å². The van der Waals surface area contributed by atoms with Crippen LogP contribution in [0.2, 0.25) is 0 Å². The lowest BCUT2D eigenvalue weighted by atomic mass is 10.0. The van der Waals surface area contributed by atoms with E-state index in [4.69, 9.17) is 0 Å². The van der Waals surface area contributed by atoms with E-state index >= 15 is 0 Å². The van der Waals surface area contributed by atoms with Crippen molar-refractivity contribution >= 4 is 5.91 Å². The molecule has 1 amide bonds. The van der Waals surface area contributed by atoms with Crippen molar-refractivity contribution in [1.29, 1.82) is 0 Å². The minimum absolute atomic E-state index is 0.124. The molecule has 0 heterocycles. The van der Waals surface area contributed by atoms with Gasteiger partial charge in [-0.1, -0.05) is 19.1 Å². The van der Waals surface area contributed by atoms with Crippen LogP contribution in [0, 0.1) is 5.92 Å². The first-order valence-electron chi connectivity index (χ1n) is 4.99. The third kappa shape index (κ3) is 6.38. The first kappa shape index (κ1) is 12.2. The fourth-order valence-electron chi connectivity index (χ4n) is 1.07. The van der Waals surface area contributed by atoms with Gasteiger partial charge in [-0.15, -0.1) is 0 Å². The summed E-state index contributed by atoms with van der Waals surface area (Å²) in [5, 5.41) is 2.91. The minimum Gasteiger partial charge on any atom is -0.354 e. The molecule has 0 aliphatic heterocycles. The highest BCUT2D eigenvalue weighted by Gasteiger charge is 2.11. The van der Waals surface area contributed by atoms with Gasteiger partial charge in [0.15, 0.2) is 0 Å². The molecule has 0 bridgehead atoms. The molecule has 0 rings (SSSR count). The lowest BCUT2D eigenvalue weighted by Crippen LogP contribution is -2.34. The van der Waals surface area contributed by atoms with Crippen molar-refractivity contribution in [3.63, 3.8) is 0 Å². The fourth-order valence-corrected chi connectivity index (χ4v) is 1.07. The highest BCUT2D eigenvalue weighted by molar-refractivity contribution is 5.78. The Morgan fingerprint density at radius 1 is 1.38 bits per heavy atom. The van der Waals surface area contributed by atoms with Gasteiger partial charge in [0.25, 0.3) is 0 Å². The number of allylic oxidation sites excluding steroid dienone is 2. The van der Waals surface area contributed by atoms with Crippen LogP contribution in [-0.2, 0) is 4.79 Å². The average Bonchev–Trinajstić information content (AvgIpc) is 2.03. The molecule has 2 heteroatoms. The monoisotopic (exact) mass is 183 g/mol. The number of hydrogen-bond donors (Lipinski definition) is 1. The Morgan fingerprint density at radius 3 is 2.46 bits per heavy atom. The van der Waals surface area contributed by atoms with Crippen molar-refractivity contribution < 1.29 is 4.79 Å². The van der Waals surface area contributed by atoms with Gasteiger partial charge < -0.3 is 5.32 Å². The molecule has 1 atom stereocenters. The summed E-state index contributed by atoms with van der Waals surface area (Å²) < 4.78 is 0. The summed E-state index contributed by atoms with van der Waals surface area (Å²) in [7, 11) is 0. The summed E-state index contributed by atoms with van der Waals surface area (Å²) in [6.07, 6.45) is 6.04. The largest absolute Gasteiger partial charge is 0.354 e. The van der Waals surface area contributed by atoms with Crippen LogP contribution >= 0.6 is 0 Å². The van der Waals surface area contributed by atoms with Gasteiger partial charge in [0.05, 0.1) is 0 Å². The van der Waals surface area contributed by atoms with Crippen LogP contribution in [0.5, 0.6) is 0 Å². The molecule has 0 radical (unpaired) electrons. The van der Waals surface area contributed by atoms with Gasteiger partial charge in [-0.2, -0.15) is 0 Å². The molecule has 0 aromatic carbocycles. The molecule has 0 aliphatic carbocycles. The Hall–Kier alpha value is -0.790. The van der Waals surface area contributed by atoms with E-state index in [1.54, 1.807) is 0 Å². The first-order valence-corrected chi connectivity index (χ1v) is 4.99. The molecule has 0 fully saturated rings. The SMILES string of the molecule is CC=CCCC(C)C(=O)NC(C)C. The standard InChI is InChI=1S/C11H21NO/c1-5-6-7-8-10(4)11(13)12-9(2)3/h5-6,9-10H,7-8H2,1-4H3,(H,12,13). The van der Waals surface area contributed by atoms with E-state index in [2.05, 4.69) is 11.4 Å². The molecule has 0 spiro atoms. The van der Waals surface area contributed by atoms with E-state index in [0.29, 0.717) is 0 Å². The van der Waals surface area contributed by atoms with Gasteiger partial charge in [-0.3, -0.25) is 4.79 Å². The molecule has 1 N–H and O–H groups in total. The van der Waals surface area contributed by atoms with E-state index in [9.17, 15) is 4.79 Å². The summed E-state index contributed by atoms with van der Waals surface area (Å²) in [4.78, 5) is 11.4. The van der Waals surface area contributed by atoms with Gasteiger partial charge in [-0.05, 0) is 33.6 Å². The molecular weight excluding hydrogens is 162 g/mol. The maximum Gasteiger partial charge on any atom is 0.223 e. The van der Waals surface area contributed by atoms with Crippen LogP contribution in [0.25, 0.3) is 0 Å². The molecule has 1 unspecified atom stereocenters. The van der Waals surface area contributed by atoms with E-state index < -0.39 is 0 Å². The number of carbonyl (C=O) groups excluding carboxylic acids is 1. The molecule has 0 aromatic rings. The third-order valence-corrected chi connectivity index (χ3v) is 1.88. The normalized spacial score (nSPS) is 13.6. The minimum atomic E-state index is 0.124. The Kier molecular flexibility index (Phi) is 6.29. The highest BCUT2D eigenvalue weighted by atomic mass is 16.1. The van der Waals surface area contributed by atoms with Crippen LogP contribution in [0.4, 0.5) is 0 Å². The number of carbonyl (C=O) groups is 1. The molecule has 0 aromatic heterocycles. The Bertz CT molecular complexity index is 173. The Labute approximate surface area is 81.4 Å². The lowest BCUT2D eigenvalue weighted by molar-refractivity contribution is -0.125. The highest BCUT2D eigenvalue weighted by Crippen LogP contribution is 2.06. The van der Waals surface area contributed by atoms with Gasteiger partial charge >= 0.3 is 0 Å². The zero-order chi connectivity index (χ0) is 10.3. The molecular formula is C11H21NO. The topological polar surface area (TPSA) is 29.1 Å². The summed E-state index contributed by atoms with van der Waals surface area (Å²) in [5.74, 6) is 0.290. The van der Waals surface area contributed by atoms with Crippen LogP contribution < -0.4 is 5.32 Å². The molecule has 0 saturated heterocycles. The van der Waals surface area contributed by atoms with Gasteiger partial charge in [0.2, 0.25) is 5.91 Å². The summed E-state index contributed by atoms with van der Waals surface area (Å²) in [5.41, 5.74) is 0. The average molecular weight is 183 g/mol. The Balaban J connectivity index is 3.69. The zero-order valence-electron chi connectivity index (χ0n) is 9.13. The van der Waals surface area contributed by atoms with E-state index in [-0.39, 0.29) is 17.9 Å². The predicted octanol–water partition coefficient (Wildman–Crippen LogP) is 2.50. The number of rotatable bonds is 5. The zero-order valence-corrected chi connectivity index (χ0v) is 9.13. The number of amides is 1. The first-order chi connectivity index (χ1) is 6.07. The van der Waals surface area contributed by atoms with E-state index in [0.717, 1.165) is 12.8 Å². The predicted molar refractivity (Wildman–Crippen MR) is 56.5 cm³/mol. The second kappa shape index (κ2) is 6.70. The number of nitrogens with one attached hydrogen (secondary N) is 1. The fraction of sp³-hybridized carbons (Fsp3) is 0.727. The summed E-state index contributed by atoms with van der Waals surface area (Å²) in [6.45, 7) is 7.94. The smallest absolute Gasteiger partial charge is 0.223 e. The van der Waals surface area contributed by atoms with Gasteiger partial charge in [0.1, 0.15) is 0 Å². The third-order valence-electron chi connectivity index (χ3n) is 1.88. The van der Waals surface area contributed by atoms with Crippen molar-refractivity contribution in [2.24, 2.45) is 5.92 Å². The second-order valence-corrected chi connectivity index (χ2v) is 3.71. The maximum absolute atomic E-state index is 11.4. The van der Waals surface area contributed by atoms with Crippen molar-refractivity contribution in [2.45, 2.75) is 46.6 Å². The molecule has 76 valence electrons.